The summed E-state index contributed by atoms with van der Waals surface area (Å²) in [5, 5.41) is 5.08. The van der Waals surface area contributed by atoms with Crippen LogP contribution in [0.4, 0.5) is 16.2 Å². The molecule has 0 aliphatic carbocycles. The van der Waals surface area contributed by atoms with Gasteiger partial charge in [-0.1, -0.05) is 0 Å². The summed E-state index contributed by atoms with van der Waals surface area (Å²) in [5.74, 6) is -0.293. The van der Waals surface area contributed by atoms with Gasteiger partial charge in [0.1, 0.15) is 6.54 Å². The van der Waals surface area contributed by atoms with E-state index in [4.69, 9.17) is 0 Å². The molecule has 1 rings (SSSR count). The second-order valence-corrected chi connectivity index (χ2v) is 4.34. The molecule has 0 aromatic heterocycles. The molecule has 0 fully saturated rings. The van der Waals surface area contributed by atoms with Crippen molar-refractivity contribution in [2.75, 3.05) is 36.5 Å². The molecule has 6 heteroatoms. The molecule has 1 aromatic carbocycles. The van der Waals surface area contributed by atoms with Gasteiger partial charge in [-0.05, 0) is 45.0 Å². The topological polar surface area (TPSA) is 70.7 Å². The van der Waals surface area contributed by atoms with Gasteiger partial charge >= 0.3 is 6.09 Å². The van der Waals surface area contributed by atoms with E-state index < -0.39 is 6.09 Å². The van der Waals surface area contributed by atoms with E-state index in [9.17, 15) is 9.59 Å². The maximum atomic E-state index is 11.7. The van der Waals surface area contributed by atoms with Crippen LogP contribution in [0.1, 0.15) is 20.8 Å². The zero-order valence-corrected chi connectivity index (χ0v) is 12.8. The van der Waals surface area contributed by atoms with Crippen molar-refractivity contribution < 1.29 is 14.3 Å². The fourth-order valence-corrected chi connectivity index (χ4v) is 1.88. The molecule has 116 valence electrons. The largest absolute Gasteiger partial charge is 0.450 e. The highest BCUT2D eigenvalue weighted by Crippen LogP contribution is 2.17. The van der Waals surface area contributed by atoms with Crippen molar-refractivity contribution >= 4 is 23.4 Å². The van der Waals surface area contributed by atoms with E-state index in [1.807, 2.05) is 24.3 Å². The number of hydrogen-bond acceptors (Lipinski definition) is 4. The third-order valence-electron chi connectivity index (χ3n) is 2.95. The highest BCUT2D eigenvalue weighted by Gasteiger charge is 2.06. The molecule has 0 saturated carbocycles. The van der Waals surface area contributed by atoms with Crippen molar-refractivity contribution in [2.45, 2.75) is 20.8 Å². The smallest absolute Gasteiger partial charge is 0.407 e. The molecule has 2 amide bonds. The summed E-state index contributed by atoms with van der Waals surface area (Å²) in [6.45, 7) is 7.94. The van der Waals surface area contributed by atoms with E-state index in [-0.39, 0.29) is 19.1 Å². The van der Waals surface area contributed by atoms with Gasteiger partial charge in [-0.15, -0.1) is 0 Å². The van der Waals surface area contributed by atoms with Crippen molar-refractivity contribution in [3.05, 3.63) is 24.3 Å². The molecular formula is C15H23N3O3. The van der Waals surface area contributed by atoms with Crippen molar-refractivity contribution in [1.82, 2.24) is 5.32 Å². The van der Waals surface area contributed by atoms with Crippen LogP contribution in [0.15, 0.2) is 24.3 Å². The molecule has 0 aliphatic heterocycles. The first-order chi connectivity index (χ1) is 10.1. The van der Waals surface area contributed by atoms with E-state index >= 15 is 0 Å². The molecule has 6 nitrogen and oxygen atoms in total. The molecule has 0 unspecified atom stereocenters. The van der Waals surface area contributed by atoms with Gasteiger partial charge in [-0.3, -0.25) is 4.79 Å². The number of hydrogen-bond donors (Lipinski definition) is 2. The van der Waals surface area contributed by atoms with Gasteiger partial charge in [0.05, 0.1) is 6.61 Å². The number of carbonyl (C=O) groups is 2. The Morgan fingerprint density at radius 1 is 1.10 bits per heavy atom. The van der Waals surface area contributed by atoms with Crippen LogP contribution in [-0.2, 0) is 9.53 Å². The van der Waals surface area contributed by atoms with Gasteiger partial charge < -0.3 is 20.3 Å². The minimum atomic E-state index is -0.593. The van der Waals surface area contributed by atoms with Crippen LogP contribution in [0.5, 0.6) is 0 Å². The van der Waals surface area contributed by atoms with E-state index in [1.165, 1.54) is 0 Å². The molecule has 0 aliphatic rings. The maximum absolute atomic E-state index is 11.7. The summed E-state index contributed by atoms with van der Waals surface area (Å²) in [7, 11) is 0. The number of carbonyl (C=O) groups excluding carboxylic acids is 2. The Hall–Kier alpha value is -2.24. The zero-order chi connectivity index (χ0) is 15.7. The molecule has 0 radical (unpaired) electrons. The number of amides is 2. The number of alkyl carbamates (subject to hydrolysis) is 1. The number of nitrogens with zero attached hydrogens (tertiary/aromatic N) is 1. The molecule has 0 atom stereocenters. The Bertz CT molecular complexity index is 456. The molecule has 1 aromatic rings. The average Bonchev–Trinajstić information content (AvgIpc) is 2.48. The van der Waals surface area contributed by atoms with Gasteiger partial charge in [-0.2, -0.15) is 0 Å². The number of rotatable bonds is 7. The van der Waals surface area contributed by atoms with Gasteiger partial charge in [0.15, 0.2) is 0 Å². The van der Waals surface area contributed by atoms with Crippen LogP contribution in [0.2, 0.25) is 0 Å². The lowest BCUT2D eigenvalue weighted by Gasteiger charge is -2.21. The van der Waals surface area contributed by atoms with Crippen molar-refractivity contribution in [3.8, 4) is 0 Å². The minimum Gasteiger partial charge on any atom is -0.450 e. The minimum absolute atomic E-state index is 0.114. The van der Waals surface area contributed by atoms with Gasteiger partial charge in [0.25, 0.3) is 0 Å². The third kappa shape index (κ3) is 5.72. The predicted octanol–water partition coefficient (Wildman–Crippen LogP) is 2.22. The normalized spacial score (nSPS) is 9.86. The Balaban J connectivity index is 2.48. The predicted molar refractivity (Wildman–Crippen MR) is 83.7 cm³/mol. The fraction of sp³-hybridized carbons (Fsp3) is 0.467. The summed E-state index contributed by atoms with van der Waals surface area (Å²) in [5.41, 5.74) is 1.81. The van der Waals surface area contributed by atoms with Crippen LogP contribution in [0.3, 0.4) is 0 Å². The van der Waals surface area contributed by atoms with E-state index in [0.717, 1.165) is 18.8 Å². The Labute approximate surface area is 125 Å². The lowest BCUT2D eigenvalue weighted by atomic mass is 10.2. The molecule has 0 spiro atoms. The number of benzene rings is 1. The van der Waals surface area contributed by atoms with Gasteiger partial charge in [0.2, 0.25) is 5.91 Å². The van der Waals surface area contributed by atoms with Crippen LogP contribution < -0.4 is 15.5 Å². The summed E-state index contributed by atoms with van der Waals surface area (Å²) in [6.07, 6.45) is -0.593. The maximum Gasteiger partial charge on any atom is 0.407 e. The van der Waals surface area contributed by atoms with Crippen LogP contribution in [0.25, 0.3) is 0 Å². The Morgan fingerprint density at radius 3 is 2.24 bits per heavy atom. The fourth-order valence-electron chi connectivity index (χ4n) is 1.88. The summed E-state index contributed by atoms with van der Waals surface area (Å²) in [4.78, 5) is 24.9. The van der Waals surface area contributed by atoms with E-state index in [0.29, 0.717) is 5.69 Å². The lowest BCUT2D eigenvalue weighted by Crippen LogP contribution is -2.33. The van der Waals surface area contributed by atoms with Gasteiger partial charge in [0, 0.05) is 24.5 Å². The lowest BCUT2D eigenvalue weighted by molar-refractivity contribution is -0.115. The second kappa shape index (κ2) is 8.84. The molecule has 21 heavy (non-hydrogen) atoms. The number of anilines is 2. The summed E-state index contributed by atoms with van der Waals surface area (Å²) in [6, 6.07) is 7.61. The molecule has 2 N–H and O–H groups in total. The summed E-state index contributed by atoms with van der Waals surface area (Å²) >= 11 is 0. The first kappa shape index (κ1) is 16.8. The van der Waals surface area contributed by atoms with Crippen molar-refractivity contribution in [2.24, 2.45) is 0 Å². The highest BCUT2D eigenvalue weighted by atomic mass is 16.5. The van der Waals surface area contributed by atoms with Crippen LogP contribution in [0, 0.1) is 0 Å². The van der Waals surface area contributed by atoms with Crippen LogP contribution >= 0.6 is 0 Å². The quantitative estimate of drug-likeness (QED) is 0.808. The van der Waals surface area contributed by atoms with Crippen LogP contribution in [-0.4, -0.2) is 38.2 Å². The molecular weight excluding hydrogens is 270 g/mol. The third-order valence-corrected chi connectivity index (χ3v) is 2.95. The molecule has 0 saturated heterocycles. The summed E-state index contributed by atoms with van der Waals surface area (Å²) < 4.78 is 4.67. The molecule has 0 heterocycles. The standard InChI is InChI=1S/C15H23N3O3/c1-4-18(5-2)13-9-7-12(8-10-13)17-14(19)11-16-15(20)21-6-3/h7-10H,4-6,11H2,1-3H3,(H,16,20)(H,17,19). The highest BCUT2D eigenvalue weighted by molar-refractivity contribution is 5.93. The SMILES string of the molecule is CCOC(=O)NCC(=O)Nc1ccc(N(CC)CC)cc1. The first-order valence-corrected chi connectivity index (χ1v) is 7.16. The van der Waals surface area contributed by atoms with Crippen molar-refractivity contribution in [3.63, 3.8) is 0 Å². The first-order valence-electron chi connectivity index (χ1n) is 7.16. The van der Waals surface area contributed by atoms with E-state index in [1.54, 1.807) is 6.92 Å². The Morgan fingerprint density at radius 2 is 1.71 bits per heavy atom. The number of ether oxygens (including phenoxy) is 1. The monoisotopic (exact) mass is 293 g/mol. The van der Waals surface area contributed by atoms with Crippen molar-refractivity contribution in [1.29, 1.82) is 0 Å². The van der Waals surface area contributed by atoms with E-state index in [2.05, 4.69) is 34.1 Å². The second-order valence-electron chi connectivity index (χ2n) is 4.34. The zero-order valence-electron chi connectivity index (χ0n) is 12.8. The van der Waals surface area contributed by atoms with Gasteiger partial charge in [-0.25, -0.2) is 4.79 Å². The number of nitrogens with one attached hydrogen (secondary N) is 2. The average molecular weight is 293 g/mol. The molecule has 0 bridgehead atoms. The Kier molecular flexibility index (Phi) is 7.08.